The minimum absolute atomic E-state index is 0.0157. The van der Waals surface area contributed by atoms with Crippen molar-refractivity contribution in [2.75, 3.05) is 39.1 Å². The van der Waals surface area contributed by atoms with Gasteiger partial charge in [-0.15, -0.1) is 0 Å². The molecule has 1 aromatic heterocycles. The number of likely N-dealkylation sites (tertiary alicyclic amines) is 1. The molecule has 9 heteroatoms. The Balaban J connectivity index is 1.81. The molecular formula is C20H27N5O4. The van der Waals surface area contributed by atoms with Gasteiger partial charge in [0.2, 0.25) is 0 Å². The molecule has 2 N–H and O–H groups in total. The van der Waals surface area contributed by atoms with Crippen molar-refractivity contribution in [2.24, 2.45) is 19.1 Å². The first-order valence-electron chi connectivity index (χ1n) is 9.55. The number of rotatable bonds is 7. The highest BCUT2D eigenvalue weighted by Gasteiger charge is 2.13. The summed E-state index contributed by atoms with van der Waals surface area (Å²) in [6.07, 6.45) is 4.00. The fourth-order valence-corrected chi connectivity index (χ4v) is 3.28. The number of benzene rings is 1. The molecule has 1 aliphatic heterocycles. The molecule has 1 aromatic carbocycles. The van der Waals surface area contributed by atoms with Gasteiger partial charge in [0.1, 0.15) is 12.4 Å². The van der Waals surface area contributed by atoms with Crippen molar-refractivity contribution in [2.45, 2.75) is 12.8 Å². The van der Waals surface area contributed by atoms with Gasteiger partial charge >= 0.3 is 5.69 Å². The Morgan fingerprint density at radius 1 is 1.14 bits per heavy atom. The third-order valence-electron chi connectivity index (χ3n) is 5.08. The molecule has 1 saturated heterocycles. The third kappa shape index (κ3) is 4.51. The van der Waals surface area contributed by atoms with Gasteiger partial charge in [-0.3, -0.25) is 18.8 Å². The van der Waals surface area contributed by atoms with Crippen LogP contribution in [0.4, 0.5) is 11.5 Å². The molecule has 1 fully saturated rings. The van der Waals surface area contributed by atoms with Gasteiger partial charge in [-0.2, -0.15) is 0 Å². The number of nitrogens with zero attached hydrogens (tertiary/aromatic N) is 4. The van der Waals surface area contributed by atoms with Crippen molar-refractivity contribution in [1.82, 2.24) is 14.0 Å². The van der Waals surface area contributed by atoms with Crippen LogP contribution in [0.25, 0.3) is 0 Å². The number of ether oxygens (including phenoxy) is 2. The minimum atomic E-state index is -0.544. The zero-order valence-corrected chi connectivity index (χ0v) is 17.1. The maximum absolute atomic E-state index is 12.3. The highest BCUT2D eigenvalue weighted by molar-refractivity contribution is 5.84. The first kappa shape index (κ1) is 20.7. The second kappa shape index (κ2) is 8.95. The molecule has 2 heterocycles. The van der Waals surface area contributed by atoms with E-state index in [-0.39, 0.29) is 11.5 Å². The second-order valence-corrected chi connectivity index (χ2v) is 7.01. The van der Waals surface area contributed by atoms with E-state index in [2.05, 4.69) is 9.89 Å². The number of nitrogens with two attached hydrogens (primary N) is 1. The average molecular weight is 401 g/mol. The number of nitrogen functional groups attached to an aromatic ring is 1. The summed E-state index contributed by atoms with van der Waals surface area (Å²) in [6, 6.07) is 5.39. The summed E-state index contributed by atoms with van der Waals surface area (Å²) < 4.78 is 13.5. The van der Waals surface area contributed by atoms with E-state index < -0.39 is 11.2 Å². The summed E-state index contributed by atoms with van der Waals surface area (Å²) >= 11 is 0. The fraction of sp³-hybridized carbons (Fsp3) is 0.450. The van der Waals surface area contributed by atoms with Crippen LogP contribution in [0.5, 0.6) is 11.5 Å². The molecule has 156 valence electrons. The van der Waals surface area contributed by atoms with Crippen LogP contribution in [0.15, 0.2) is 32.8 Å². The molecule has 0 amide bonds. The Labute approximate surface area is 169 Å². The normalized spacial score (nSPS) is 14.6. The maximum Gasteiger partial charge on any atom is 0.332 e. The Morgan fingerprint density at radius 2 is 1.86 bits per heavy atom. The Kier molecular flexibility index (Phi) is 6.38. The predicted molar refractivity (Wildman–Crippen MR) is 113 cm³/mol. The van der Waals surface area contributed by atoms with Crippen molar-refractivity contribution in [3.05, 3.63) is 44.6 Å². The summed E-state index contributed by atoms with van der Waals surface area (Å²) in [6.45, 7) is 3.66. The van der Waals surface area contributed by atoms with Crippen LogP contribution in [0.1, 0.15) is 18.4 Å². The maximum atomic E-state index is 12.3. The molecule has 0 unspecified atom stereocenters. The van der Waals surface area contributed by atoms with E-state index in [4.69, 9.17) is 15.2 Å². The molecule has 0 spiro atoms. The summed E-state index contributed by atoms with van der Waals surface area (Å²) in [7, 11) is 4.48. The molecular weight excluding hydrogens is 374 g/mol. The largest absolute Gasteiger partial charge is 0.493 e. The van der Waals surface area contributed by atoms with E-state index in [1.165, 1.54) is 37.7 Å². The number of anilines is 1. The van der Waals surface area contributed by atoms with E-state index in [9.17, 15) is 9.59 Å². The molecule has 29 heavy (non-hydrogen) atoms. The van der Waals surface area contributed by atoms with Gasteiger partial charge in [-0.25, -0.2) is 9.79 Å². The lowest BCUT2D eigenvalue weighted by Crippen LogP contribution is -2.37. The zero-order chi connectivity index (χ0) is 21.0. The van der Waals surface area contributed by atoms with E-state index in [0.29, 0.717) is 18.1 Å². The lowest BCUT2D eigenvalue weighted by atomic mass is 10.2. The minimum Gasteiger partial charge on any atom is -0.493 e. The molecule has 0 aliphatic carbocycles. The SMILES string of the molecule is COc1ccc(C=Nc2c(N)n(C)c(=O)n(C)c2=O)cc1OCCN1CCCC1. The van der Waals surface area contributed by atoms with Crippen LogP contribution in [-0.4, -0.2) is 53.6 Å². The molecule has 0 saturated carbocycles. The molecule has 3 rings (SSSR count). The standard InChI is InChI=1S/C20H27N5O4/c1-23-18(21)17(19(26)24(2)20(23)27)22-13-14-6-7-15(28-3)16(12-14)29-11-10-25-8-4-5-9-25/h6-7,12-13H,4-5,8-11,21H2,1-3H3. The van der Waals surface area contributed by atoms with Crippen molar-refractivity contribution in [3.63, 3.8) is 0 Å². The molecule has 9 nitrogen and oxygen atoms in total. The van der Waals surface area contributed by atoms with E-state index in [0.717, 1.165) is 29.8 Å². The number of aliphatic imine (C=N–C) groups is 1. The van der Waals surface area contributed by atoms with E-state index in [1.807, 2.05) is 0 Å². The second-order valence-electron chi connectivity index (χ2n) is 7.01. The Hall–Kier alpha value is -3.07. The summed E-state index contributed by atoms with van der Waals surface area (Å²) in [4.78, 5) is 30.8. The quantitative estimate of drug-likeness (QED) is 0.692. The average Bonchev–Trinajstić information content (AvgIpc) is 3.24. The number of methoxy groups -OCH3 is 1. The van der Waals surface area contributed by atoms with Crippen LogP contribution in [0.2, 0.25) is 0 Å². The predicted octanol–water partition coefficient (Wildman–Crippen LogP) is 0.900. The molecule has 0 radical (unpaired) electrons. The summed E-state index contributed by atoms with van der Waals surface area (Å²) in [5, 5.41) is 0. The van der Waals surface area contributed by atoms with E-state index in [1.54, 1.807) is 25.3 Å². The van der Waals surface area contributed by atoms with Crippen LogP contribution in [-0.2, 0) is 14.1 Å². The molecule has 1 aliphatic rings. The van der Waals surface area contributed by atoms with Crippen LogP contribution in [0, 0.1) is 0 Å². The van der Waals surface area contributed by atoms with Crippen molar-refractivity contribution >= 4 is 17.7 Å². The molecule has 0 bridgehead atoms. The third-order valence-corrected chi connectivity index (χ3v) is 5.08. The first-order chi connectivity index (χ1) is 13.9. The topological polar surface area (TPSA) is 104 Å². The lowest BCUT2D eigenvalue weighted by Gasteiger charge is -2.16. The molecule has 2 aromatic rings. The Bertz CT molecular complexity index is 1020. The molecule has 0 atom stereocenters. The smallest absolute Gasteiger partial charge is 0.332 e. The van der Waals surface area contributed by atoms with Gasteiger partial charge in [0.25, 0.3) is 5.56 Å². The van der Waals surface area contributed by atoms with Gasteiger partial charge in [0.15, 0.2) is 17.2 Å². The summed E-state index contributed by atoms with van der Waals surface area (Å²) in [5.74, 6) is 1.25. The van der Waals surface area contributed by atoms with Gasteiger partial charge < -0.3 is 15.2 Å². The van der Waals surface area contributed by atoms with Gasteiger partial charge in [-0.1, -0.05) is 0 Å². The highest BCUT2D eigenvalue weighted by Crippen LogP contribution is 2.28. The van der Waals surface area contributed by atoms with Crippen molar-refractivity contribution in [3.8, 4) is 11.5 Å². The van der Waals surface area contributed by atoms with Crippen LogP contribution in [0.3, 0.4) is 0 Å². The zero-order valence-electron chi connectivity index (χ0n) is 17.1. The first-order valence-corrected chi connectivity index (χ1v) is 9.55. The number of hydrogen-bond donors (Lipinski definition) is 1. The number of hydrogen-bond acceptors (Lipinski definition) is 7. The van der Waals surface area contributed by atoms with E-state index >= 15 is 0 Å². The van der Waals surface area contributed by atoms with Crippen LogP contribution < -0.4 is 26.5 Å². The lowest BCUT2D eigenvalue weighted by molar-refractivity contribution is 0.230. The van der Waals surface area contributed by atoms with Gasteiger partial charge in [0, 0.05) is 26.9 Å². The van der Waals surface area contributed by atoms with Gasteiger partial charge in [-0.05, 0) is 49.7 Å². The van der Waals surface area contributed by atoms with Crippen LogP contribution >= 0.6 is 0 Å². The highest BCUT2D eigenvalue weighted by atomic mass is 16.5. The summed E-state index contributed by atoms with van der Waals surface area (Å²) in [5.41, 5.74) is 5.60. The van der Waals surface area contributed by atoms with Gasteiger partial charge in [0.05, 0.1) is 7.11 Å². The van der Waals surface area contributed by atoms with Crippen molar-refractivity contribution < 1.29 is 9.47 Å². The fourth-order valence-electron chi connectivity index (χ4n) is 3.28. The monoisotopic (exact) mass is 401 g/mol. The number of aromatic nitrogens is 2. The van der Waals surface area contributed by atoms with Crippen molar-refractivity contribution in [1.29, 1.82) is 0 Å². The Morgan fingerprint density at radius 3 is 2.55 bits per heavy atom.